The molecule has 27 heavy (non-hydrogen) atoms. The third-order valence-corrected chi connectivity index (χ3v) is 6.36. The van der Waals surface area contributed by atoms with Crippen LogP contribution in [0.5, 0.6) is 0 Å². The molecule has 2 fully saturated rings. The lowest BCUT2D eigenvalue weighted by Gasteiger charge is -2.26. The number of nitrogens with zero attached hydrogens (tertiary/aromatic N) is 2. The van der Waals surface area contributed by atoms with Crippen LogP contribution in [-0.2, 0) is 14.8 Å². The number of nitrogens with one attached hydrogen (secondary N) is 2. The lowest BCUT2D eigenvalue weighted by atomic mass is 10.1. The monoisotopic (exact) mass is 396 g/mol. The Kier molecular flexibility index (Phi) is 7.06. The van der Waals surface area contributed by atoms with Crippen LogP contribution in [0.1, 0.15) is 19.3 Å². The summed E-state index contributed by atoms with van der Waals surface area (Å²) in [5.41, 5.74) is 0.595. The first-order valence-electron chi connectivity index (χ1n) is 9.50. The summed E-state index contributed by atoms with van der Waals surface area (Å²) in [6, 6.07) is 6.15. The van der Waals surface area contributed by atoms with E-state index in [1.54, 1.807) is 17.0 Å². The molecule has 8 nitrogen and oxygen atoms in total. The summed E-state index contributed by atoms with van der Waals surface area (Å²) in [4.78, 5) is 16.4. The molecule has 2 aliphatic heterocycles. The molecule has 2 heterocycles. The molecule has 3 rings (SSSR count). The van der Waals surface area contributed by atoms with Gasteiger partial charge in [0.2, 0.25) is 10.0 Å². The van der Waals surface area contributed by atoms with Crippen LogP contribution in [0.15, 0.2) is 29.2 Å². The number of carbonyl (C=O) groups is 1. The molecule has 1 aromatic carbocycles. The van der Waals surface area contributed by atoms with Gasteiger partial charge in [0.1, 0.15) is 0 Å². The summed E-state index contributed by atoms with van der Waals surface area (Å²) in [6.07, 6.45) is 3.22. The van der Waals surface area contributed by atoms with Gasteiger partial charge in [0, 0.05) is 45.0 Å². The standard InChI is InChI=1S/C18H28N4O4S/c23-18(22-9-2-1-3-10-22)20-16-4-6-17(7-5-16)27(24,25)19-8-11-21-12-14-26-15-13-21/h4-7,19H,1-3,8-15H2,(H,20,23). The molecule has 2 amide bonds. The Balaban J connectivity index is 1.49. The molecule has 0 aliphatic carbocycles. The van der Waals surface area contributed by atoms with Gasteiger partial charge in [-0.1, -0.05) is 0 Å². The third-order valence-electron chi connectivity index (χ3n) is 4.88. The topological polar surface area (TPSA) is 91.0 Å². The molecular formula is C18H28N4O4S. The number of piperidine rings is 1. The van der Waals surface area contributed by atoms with Gasteiger partial charge < -0.3 is 15.0 Å². The highest BCUT2D eigenvalue weighted by atomic mass is 32.2. The van der Waals surface area contributed by atoms with Crippen molar-refractivity contribution in [1.29, 1.82) is 0 Å². The van der Waals surface area contributed by atoms with Crippen LogP contribution in [0.25, 0.3) is 0 Å². The zero-order chi connectivity index (χ0) is 19.1. The average molecular weight is 397 g/mol. The van der Waals surface area contributed by atoms with Crippen LogP contribution in [0.2, 0.25) is 0 Å². The van der Waals surface area contributed by atoms with E-state index in [2.05, 4.69) is 14.9 Å². The average Bonchev–Trinajstić information content (AvgIpc) is 2.70. The molecule has 150 valence electrons. The molecule has 0 saturated carbocycles. The highest BCUT2D eigenvalue weighted by Gasteiger charge is 2.18. The number of hydrogen-bond acceptors (Lipinski definition) is 5. The van der Waals surface area contributed by atoms with Gasteiger partial charge in [0.05, 0.1) is 18.1 Å². The number of ether oxygens (including phenoxy) is 1. The highest BCUT2D eigenvalue weighted by molar-refractivity contribution is 7.89. The summed E-state index contributed by atoms with van der Waals surface area (Å²) in [5, 5.41) is 2.83. The van der Waals surface area contributed by atoms with Gasteiger partial charge in [-0.05, 0) is 43.5 Å². The predicted octanol–water partition coefficient (Wildman–Crippen LogP) is 1.31. The minimum absolute atomic E-state index is 0.131. The lowest BCUT2D eigenvalue weighted by molar-refractivity contribution is 0.0390. The fourth-order valence-corrected chi connectivity index (χ4v) is 4.28. The summed E-state index contributed by atoms with van der Waals surface area (Å²) in [5.74, 6) is 0. The molecule has 0 aromatic heterocycles. The van der Waals surface area contributed by atoms with Crippen LogP contribution in [0.4, 0.5) is 10.5 Å². The second kappa shape index (κ2) is 9.50. The van der Waals surface area contributed by atoms with Crippen LogP contribution in [0.3, 0.4) is 0 Å². The number of anilines is 1. The second-order valence-electron chi connectivity index (χ2n) is 6.85. The number of amides is 2. The van der Waals surface area contributed by atoms with Crippen LogP contribution < -0.4 is 10.0 Å². The molecule has 0 spiro atoms. The number of urea groups is 1. The van der Waals surface area contributed by atoms with E-state index in [9.17, 15) is 13.2 Å². The van der Waals surface area contributed by atoms with Crippen LogP contribution >= 0.6 is 0 Å². The minimum Gasteiger partial charge on any atom is -0.379 e. The van der Waals surface area contributed by atoms with E-state index >= 15 is 0 Å². The van der Waals surface area contributed by atoms with Gasteiger partial charge in [0.25, 0.3) is 0 Å². The summed E-state index contributed by atoms with van der Waals surface area (Å²) in [7, 11) is -3.56. The Morgan fingerprint density at radius 2 is 1.67 bits per heavy atom. The van der Waals surface area contributed by atoms with Gasteiger partial charge in [-0.3, -0.25) is 4.90 Å². The van der Waals surface area contributed by atoms with Crippen molar-refractivity contribution in [3.63, 3.8) is 0 Å². The van der Waals surface area contributed by atoms with Crippen molar-refractivity contribution < 1.29 is 17.9 Å². The molecule has 0 unspecified atom stereocenters. The molecular weight excluding hydrogens is 368 g/mol. The number of likely N-dealkylation sites (tertiary alicyclic amines) is 1. The van der Waals surface area contributed by atoms with Crippen molar-refractivity contribution >= 4 is 21.7 Å². The first kappa shape index (κ1) is 20.1. The van der Waals surface area contributed by atoms with E-state index in [-0.39, 0.29) is 10.9 Å². The van der Waals surface area contributed by atoms with Crippen molar-refractivity contribution in [1.82, 2.24) is 14.5 Å². The number of benzene rings is 1. The fourth-order valence-electron chi connectivity index (χ4n) is 3.26. The molecule has 1 aromatic rings. The Morgan fingerprint density at radius 3 is 2.33 bits per heavy atom. The van der Waals surface area contributed by atoms with Gasteiger partial charge in [-0.2, -0.15) is 0 Å². The largest absolute Gasteiger partial charge is 0.379 e. The van der Waals surface area contributed by atoms with Crippen molar-refractivity contribution in [2.45, 2.75) is 24.2 Å². The van der Waals surface area contributed by atoms with E-state index in [1.165, 1.54) is 12.1 Å². The summed E-state index contributed by atoms with van der Waals surface area (Å²) >= 11 is 0. The maximum atomic E-state index is 12.4. The molecule has 2 saturated heterocycles. The minimum atomic E-state index is -3.56. The number of carbonyl (C=O) groups excluding carboxylic acids is 1. The number of rotatable bonds is 6. The van der Waals surface area contributed by atoms with E-state index in [1.807, 2.05) is 0 Å². The zero-order valence-corrected chi connectivity index (χ0v) is 16.3. The molecule has 0 radical (unpaired) electrons. The zero-order valence-electron chi connectivity index (χ0n) is 15.5. The normalized spacial score (nSPS) is 19.0. The molecule has 2 aliphatic rings. The third kappa shape index (κ3) is 5.90. The maximum absolute atomic E-state index is 12.4. The molecule has 2 N–H and O–H groups in total. The Morgan fingerprint density at radius 1 is 1.00 bits per heavy atom. The summed E-state index contributed by atoms with van der Waals surface area (Å²) < 4.78 is 32.7. The Labute approximate surface area is 160 Å². The molecule has 9 heteroatoms. The SMILES string of the molecule is O=C(Nc1ccc(S(=O)(=O)NCCN2CCOCC2)cc1)N1CCCCC1. The fraction of sp³-hybridized carbons (Fsp3) is 0.611. The van der Waals surface area contributed by atoms with E-state index < -0.39 is 10.0 Å². The van der Waals surface area contributed by atoms with Crippen molar-refractivity contribution in [3.05, 3.63) is 24.3 Å². The second-order valence-corrected chi connectivity index (χ2v) is 8.62. The van der Waals surface area contributed by atoms with Crippen molar-refractivity contribution in [2.24, 2.45) is 0 Å². The van der Waals surface area contributed by atoms with E-state index in [4.69, 9.17) is 4.74 Å². The number of hydrogen-bond donors (Lipinski definition) is 2. The van der Waals surface area contributed by atoms with Gasteiger partial charge in [0.15, 0.2) is 0 Å². The van der Waals surface area contributed by atoms with Gasteiger partial charge in [-0.25, -0.2) is 17.9 Å². The smallest absolute Gasteiger partial charge is 0.321 e. The van der Waals surface area contributed by atoms with Gasteiger partial charge >= 0.3 is 6.03 Å². The highest BCUT2D eigenvalue weighted by Crippen LogP contribution is 2.16. The van der Waals surface area contributed by atoms with E-state index in [0.717, 1.165) is 45.4 Å². The van der Waals surface area contributed by atoms with Gasteiger partial charge in [-0.15, -0.1) is 0 Å². The van der Waals surface area contributed by atoms with Crippen molar-refractivity contribution in [2.75, 3.05) is 57.8 Å². The maximum Gasteiger partial charge on any atom is 0.321 e. The predicted molar refractivity (Wildman–Crippen MR) is 103 cm³/mol. The lowest BCUT2D eigenvalue weighted by Crippen LogP contribution is -2.41. The first-order chi connectivity index (χ1) is 13.0. The van der Waals surface area contributed by atoms with E-state index in [0.29, 0.717) is 32.0 Å². The summed E-state index contributed by atoms with van der Waals surface area (Å²) in [6.45, 7) is 5.59. The van der Waals surface area contributed by atoms with Crippen molar-refractivity contribution in [3.8, 4) is 0 Å². The number of morpholine rings is 1. The van der Waals surface area contributed by atoms with Crippen LogP contribution in [0, 0.1) is 0 Å². The Bertz CT molecular complexity index is 711. The first-order valence-corrected chi connectivity index (χ1v) is 11.0. The molecule has 0 atom stereocenters. The van der Waals surface area contributed by atoms with Crippen LogP contribution in [-0.4, -0.2) is 76.7 Å². The Hall–Kier alpha value is -1.68. The quantitative estimate of drug-likeness (QED) is 0.757. The number of sulfonamides is 1. The molecule has 0 bridgehead atoms.